The molecule has 5 nitrogen and oxygen atoms in total. The Morgan fingerprint density at radius 2 is 2.12 bits per heavy atom. The van der Waals surface area contributed by atoms with Crippen LogP contribution in [0.1, 0.15) is 13.8 Å². The number of hydrogen-bond donors (Lipinski definition) is 0. The Morgan fingerprint density at radius 1 is 1.42 bits per heavy atom. The number of carbonyl (C=O) groups is 1. The molecule has 1 aromatic rings. The van der Waals surface area contributed by atoms with Gasteiger partial charge in [-0.05, 0) is 18.2 Å². The van der Waals surface area contributed by atoms with Gasteiger partial charge in [0.15, 0.2) is 15.0 Å². The van der Waals surface area contributed by atoms with Gasteiger partial charge in [-0.3, -0.25) is 4.79 Å². The second-order valence-electron chi connectivity index (χ2n) is 6.15. The molecule has 2 saturated heterocycles. The van der Waals surface area contributed by atoms with Gasteiger partial charge in [0, 0.05) is 15.6 Å². The van der Waals surface area contributed by atoms with Crippen molar-refractivity contribution < 1.29 is 17.6 Å². The summed E-state index contributed by atoms with van der Waals surface area (Å²) in [4.78, 5) is 17.7. The third kappa shape index (κ3) is 3.39. The van der Waals surface area contributed by atoms with Crippen LogP contribution in [0.5, 0.6) is 0 Å². The van der Waals surface area contributed by atoms with Crippen LogP contribution in [0.3, 0.4) is 0 Å². The number of amidine groups is 1. The zero-order chi connectivity index (χ0) is 17.6. The molecule has 2 atom stereocenters. The topological polar surface area (TPSA) is 66.8 Å². The molecule has 0 spiro atoms. The van der Waals surface area contributed by atoms with Crippen LogP contribution in [0, 0.1) is 11.7 Å². The van der Waals surface area contributed by atoms with Crippen molar-refractivity contribution in [1.29, 1.82) is 0 Å². The van der Waals surface area contributed by atoms with Gasteiger partial charge in [-0.25, -0.2) is 12.8 Å². The molecular weight excluding hydrogens is 419 g/mol. The maximum Gasteiger partial charge on any atom is 0.250 e. The fourth-order valence-electron chi connectivity index (χ4n) is 2.75. The normalized spacial score (nSPS) is 27.0. The Balaban J connectivity index is 2.06. The van der Waals surface area contributed by atoms with Crippen molar-refractivity contribution in [3.8, 4) is 0 Å². The van der Waals surface area contributed by atoms with E-state index in [1.54, 1.807) is 30.9 Å². The minimum atomic E-state index is -3.17. The van der Waals surface area contributed by atoms with E-state index in [2.05, 4.69) is 20.9 Å². The minimum Gasteiger partial charge on any atom is -0.313 e. The van der Waals surface area contributed by atoms with Crippen molar-refractivity contribution >= 4 is 54.3 Å². The highest BCUT2D eigenvalue weighted by atomic mass is 79.9. The Kier molecular flexibility index (Phi) is 4.78. The highest BCUT2D eigenvalue weighted by Gasteiger charge is 2.50. The number of carbonyl (C=O) groups excluding carboxylic acids is 1. The summed E-state index contributed by atoms with van der Waals surface area (Å²) in [6.07, 6.45) is 0. The van der Waals surface area contributed by atoms with Crippen LogP contribution >= 0.6 is 27.7 Å². The van der Waals surface area contributed by atoms with Gasteiger partial charge in [-0.15, -0.1) is 0 Å². The highest BCUT2D eigenvalue weighted by Crippen LogP contribution is 2.42. The maximum absolute atomic E-state index is 14.5. The first-order valence-corrected chi connectivity index (χ1v) is 10.9. The van der Waals surface area contributed by atoms with E-state index >= 15 is 0 Å². The van der Waals surface area contributed by atoms with E-state index in [1.807, 2.05) is 0 Å². The minimum absolute atomic E-state index is 0.0197. The predicted octanol–water partition coefficient (Wildman–Crippen LogP) is 2.85. The summed E-state index contributed by atoms with van der Waals surface area (Å²) in [7, 11) is -3.17. The zero-order valence-corrected chi connectivity index (χ0v) is 16.3. The molecule has 1 aromatic carbocycles. The average Bonchev–Trinajstić information content (AvgIpc) is 2.91. The lowest BCUT2D eigenvalue weighted by atomic mass is 10.2. The van der Waals surface area contributed by atoms with Crippen molar-refractivity contribution in [2.75, 3.05) is 16.4 Å². The molecule has 0 saturated carbocycles. The van der Waals surface area contributed by atoms with E-state index in [9.17, 15) is 17.6 Å². The molecule has 0 N–H and O–H groups in total. The summed E-state index contributed by atoms with van der Waals surface area (Å²) in [6, 6.07) is 4.16. The first-order valence-electron chi connectivity index (χ1n) is 7.42. The molecule has 0 unspecified atom stereocenters. The lowest BCUT2D eigenvalue weighted by Gasteiger charge is -2.25. The van der Waals surface area contributed by atoms with Crippen LogP contribution in [0.2, 0.25) is 0 Å². The lowest BCUT2D eigenvalue weighted by Crippen LogP contribution is -2.38. The number of anilines is 1. The third-order valence-electron chi connectivity index (χ3n) is 3.94. The number of benzene rings is 1. The molecule has 0 aliphatic carbocycles. The number of halogens is 2. The summed E-state index contributed by atoms with van der Waals surface area (Å²) in [5, 5.41) is 0.136. The van der Waals surface area contributed by atoms with Crippen LogP contribution in [-0.2, 0) is 14.6 Å². The number of nitrogens with zero attached hydrogens (tertiary/aromatic N) is 2. The molecule has 2 aliphatic heterocycles. The molecule has 2 fully saturated rings. The first kappa shape index (κ1) is 17.9. The van der Waals surface area contributed by atoms with Crippen molar-refractivity contribution in [3.63, 3.8) is 0 Å². The first-order chi connectivity index (χ1) is 11.2. The molecular formula is C15H16BrFN2O3S2. The number of sulfone groups is 1. The largest absolute Gasteiger partial charge is 0.313 e. The standard InChI is InChI=1S/C15H16BrFN2O3S2/c1-8(2)14(20)18-15-19(11-4-3-9(16)5-10(11)17)12-6-24(21,22)7-13(12)23-15/h3-5,8,12-13H,6-7H2,1-2H3/t12-,13-/m1/s1. The average molecular weight is 435 g/mol. The van der Waals surface area contributed by atoms with E-state index in [0.29, 0.717) is 9.64 Å². The smallest absolute Gasteiger partial charge is 0.250 e. The monoisotopic (exact) mass is 434 g/mol. The summed E-state index contributed by atoms with van der Waals surface area (Å²) in [6.45, 7) is 3.48. The van der Waals surface area contributed by atoms with Gasteiger partial charge < -0.3 is 4.90 Å². The van der Waals surface area contributed by atoms with Gasteiger partial charge in [0.25, 0.3) is 5.91 Å². The Labute approximate surface area is 152 Å². The number of fused-ring (bicyclic) bond motifs is 1. The van der Waals surface area contributed by atoms with Gasteiger partial charge in [0.2, 0.25) is 0 Å². The molecule has 0 radical (unpaired) electrons. The Hall–Kier alpha value is -0.930. The third-order valence-corrected chi connectivity index (χ3v) is 7.64. The molecule has 0 aromatic heterocycles. The fraction of sp³-hybridized carbons (Fsp3) is 0.467. The number of aliphatic imine (C=N–C) groups is 1. The van der Waals surface area contributed by atoms with Crippen LogP contribution in [0.15, 0.2) is 27.7 Å². The highest BCUT2D eigenvalue weighted by molar-refractivity contribution is 9.10. The van der Waals surface area contributed by atoms with E-state index in [4.69, 9.17) is 0 Å². The lowest BCUT2D eigenvalue weighted by molar-refractivity contribution is -0.120. The predicted molar refractivity (Wildman–Crippen MR) is 97.7 cm³/mol. The van der Waals surface area contributed by atoms with Gasteiger partial charge in [0.05, 0.1) is 23.2 Å². The number of thioether (sulfide) groups is 1. The van der Waals surface area contributed by atoms with Crippen LogP contribution < -0.4 is 4.90 Å². The van der Waals surface area contributed by atoms with E-state index in [1.165, 1.54) is 17.8 Å². The molecule has 24 heavy (non-hydrogen) atoms. The molecule has 1 amide bonds. The van der Waals surface area contributed by atoms with Crippen molar-refractivity contribution in [1.82, 2.24) is 0 Å². The maximum atomic E-state index is 14.5. The Morgan fingerprint density at radius 3 is 2.75 bits per heavy atom. The van der Waals surface area contributed by atoms with Crippen molar-refractivity contribution in [2.24, 2.45) is 10.9 Å². The van der Waals surface area contributed by atoms with Crippen LogP contribution in [0.4, 0.5) is 10.1 Å². The van der Waals surface area contributed by atoms with E-state index in [0.717, 1.165) is 0 Å². The SMILES string of the molecule is CC(C)C(=O)N=C1S[C@@H]2CS(=O)(=O)C[C@H]2N1c1ccc(Br)cc1F. The quantitative estimate of drug-likeness (QED) is 0.715. The summed E-state index contributed by atoms with van der Waals surface area (Å²) < 4.78 is 38.9. The molecule has 2 heterocycles. The number of hydrogen-bond acceptors (Lipinski definition) is 4. The molecule has 9 heteroatoms. The summed E-state index contributed by atoms with van der Waals surface area (Å²) in [5.41, 5.74) is 0.241. The molecule has 3 rings (SSSR count). The van der Waals surface area contributed by atoms with Crippen molar-refractivity contribution in [2.45, 2.75) is 25.1 Å². The van der Waals surface area contributed by atoms with Gasteiger partial charge in [0.1, 0.15) is 5.82 Å². The van der Waals surface area contributed by atoms with Crippen LogP contribution in [0.25, 0.3) is 0 Å². The van der Waals surface area contributed by atoms with E-state index in [-0.39, 0.29) is 34.3 Å². The Bertz CT molecular complexity index is 826. The molecule has 130 valence electrons. The zero-order valence-electron chi connectivity index (χ0n) is 13.1. The van der Waals surface area contributed by atoms with E-state index < -0.39 is 21.7 Å². The van der Waals surface area contributed by atoms with Crippen LogP contribution in [-0.4, -0.2) is 42.3 Å². The second kappa shape index (κ2) is 6.42. The van der Waals surface area contributed by atoms with Crippen molar-refractivity contribution in [3.05, 3.63) is 28.5 Å². The summed E-state index contributed by atoms with van der Waals surface area (Å²) in [5.74, 6) is -1.11. The number of rotatable bonds is 2. The van der Waals surface area contributed by atoms with Gasteiger partial charge in [-0.2, -0.15) is 4.99 Å². The molecule has 2 aliphatic rings. The fourth-order valence-corrected chi connectivity index (χ4v) is 6.99. The summed E-state index contributed by atoms with van der Waals surface area (Å²) >= 11 is 4.45. The van der Waals surface area contributed by atoms with Gasteiger partial charge in [-0.1, -0.05) is 41.5 Å². The van der Waals surface area contributed by atoms with Gasteiger partial charge >= 0.3 is 0 Å². The second-order valence-corrected chi connectivity index (χ2v) is 10.4. The number of amides is 1. The molecule has 0 bridgehead atoms.